The van der Waals surface area contributed by atoms with Crippen LogP contribution in [0, 0.1) is 5.92 Å². The molecule has 92 valence electrons. The minimum atomic E-state index is 0.575. The number of hydrogen-bond donors (Lipinski definition) is 0. The van der Waals surface area contributed by atoms with Crippen LogP contribution in [0.2, 0.25) is 0 Å². The molecule has 1 aromatic rings. The first-order valence-electron chi connectivity index (χ1n) is 6.56. The van der Waals surface area contributed by atoms with Gasteiger partial charge in [0.15, 0.2) is 0 Å². The van der Waals surface area contributed by atoms with E-state index in [0.29, 0.717) is 12.0 Å². The van der Waals surface area contributed by atoms with E-state index in [4.69, 9.17) is 0 Å². The molecule has 0 N–H and O–H groups in total. The van der Waals surface area contributed by atoms with Crippen molar-refractivity contribution in [3.8, 4) is 0 Å². The SMILES string of the molecule is CC[C@@H](c1ccccc1)N1CCC(C=NC)C1. The molecule has 0 radical (unpaired) electrons. The molecule has 1 fully saturated rings. The molecule has 0 spiro atoms. The largest absolute Gasteiger partial charge is 0.301 e. The zero-order valence-corrected chi connectivity index (χ0v) is 10.8. The van der Waals surface area contributed by atoms with Crippen molar-refractivity contribution >= 4 is 6.21 Å². The molecule has 2 rings (SSSR count). The van der Waals surface area contributed by atoms with Crippen LogP contribution in [0.1, 0.15) is 31.4 Å². The Morgan fingerprint density at radius 2 is 2.18 bits per heavy atom. The third-order valence-electron chi connectivity index (χ3n) is 3.63. The fourth-order valence-electron chi connectivity index (χ4n) is 2.81. The van der Waals surface area contributed by atoms with E-state index in [-0.39, 0.29) is 0 Å². The number of rotatable bonds is 4. The van der Waals surface area contributed by atoms with Crippen LogP contribution in [0.25, 0.3) is 0 Å². The molecular weight excluding hydrogens is 208 g/mol. The first-order valence-corrected chi connectivity index (χ1v) is 6.56. The second kappa shape index (κ2) is 5.97. The topological polar surface area (TPSA) is 15.6 Å². The Balaban J connectivity index is 2.05. The predicted octanol–water partition coefficient (Wildman–Crippen LogP) is 3.16. The predicted molar refractivity (Wildman–Crippen MR) is 73.6 cm³/mol. The van der Waals surface area contributed by atoms with Crippen molar-refractivity contribution in [2.75, 3.05) is 20.1 Å². The van der Waals surface area contributed by atoms with Crippen LogP contribution in [0.15, 0.2) is 35.3 Å². The molecule has 0 aromatic heterocycles. The fourth-order valence-corrected chi connectivity index (χ4v) is 2.81. The number of hydrogen-bond acceptors (Lipinski definition) is 2. The summed E-state index contributed by atoms with van der Waals surface area (Å²) in [7, 11) is 1.87. The molecule has 1 aromatic carbocycles. The summed E-state index contributed by atoms with van der Waals surface area (Å²) in [5.41, 5.74) is 1.45. The Morgan fingerprint density at radius 3 is 2.82 bits per heavy atom. The van der Waals surface area contributed by atoms with Gasteiger partial charge >= 0.3 is 0 Å². The van der Waals surface area contributed by atoms with Gasteiger partial charge in [0.25, 0.3) is 0 Å². The van der Waals surface area contributed by atoms with Crippen molar-refractivity contribution in [1.29, 1.82) is 0 Å². The van der Waals surface area contributed by atoms with Crippen LogP contribution in [0.5, 0.6) is 0 Å². The summed E-state index contributed by atoms with van der Waals surface area (Å²) in [6.45, 7) is 4.63. The number of nitrogens with zero attached hydrogens (tertiary/aromatic N) is 2. The lowest BCUT2D eigenvalue weighted by molar-refractivity contribution is 0.236. The summed E-state index contributed by atoms with van der Waals surface area (Å²) in [5.74, 6) is 0.651. The van der Waals surface area contributed by atoms with E-state index >= 15 is 0 Å². The maximum absolute atomic E-state index is 4.16. The molecule has 1 aliphatic heterocycles. The molecule has 1 saturated heterocycles. The lowest BCUT2D eigenvalue weighted by Gasteiger charge is -2.27. The van der Waals surface area contributed by atoms with E-state index in [1.165, 1.54) is 24.9 Å². The lowest BCUT2D eigenvalue weighted by Crippen LogP contribution is -2.26. The molecular formula is C15H22N2. The highest BCUT2D eigenvalue weighted by Crippen LogP contribution is 2.29. The highest BCUT2D eigenvalue weighted by molar-refractivity contribution is 5.61. The third kappa shape index (κ3) is 2.95. The highest BCUT2D eigenvalue weighted by atomic mass is 15.2. The molecule has 2 heteroatoms. The Bertz CT molecular complexity index is 358. The summed E-state index contributed by atoms with van der Waals surface area (Å²) < 4.78 is 0. The Morgan fingerprint density at radius 1 is 1.41 bits per heavy atom. The van der Waals surface area contributed by atoms with Gasteiger partial charge in [-0.05, 0) is 24.9 Å². The zero-order valence-electron chi connectivity index (χ0n) is 10.8. The normalized spacial score (nSPS) is 23.3. The van der Waals surface area contributed by atoms with Gasteiger partial charge in [-0.15, -0.1) is 0 Å². The maximum Gasteiger partial charge on any atom is 0.0345 e. The minimum absolute atomic E-state index is 0.575. The average molecular weight is 230 g/mol. The molecule has 0 saturated carbocycles. The van der Waals surface area contributed by atoms with Crippen LogP contribution in [-0.4, -0.2) is 31.3 Å². The van der Waals surface area contributed by atoms with Gasteiger partial charge < -0.3 is 4.99 Å². The summed E-state index contributed by atoms with van der Waals surface area (Å²) in [5, 5.41) is 0. The van der Waals surface area contributed by atoms with E-state index in [1.807, 2.05) is 7.05 Å². The van der Waals surface area contributed by atoms with Gasteiger partial charge in [0.1, 0.15) is 0 Å². The second-order valence-corrected chi connectivity index (χ2v) is 4.79. The van der Waals surface area contributed by atoms with E-state index in [9.17, 15) is 0 Å². The number of likely N-dealkylation sites (tertiary alicyclic amines) is 1. The van der Waals surface area contributed by atoms with Crippen molar-refractivity contribution < 1.29 is 0 Å². The van der Waals surface area contributed by atoms with E-state index < -0.39 is 0 Å². The molecule has 2 nitrogen and oxygen atoms in total. The molecule has 1 aliphatic rings. The van der Waals surface area contributed by atoms with Crippen LogP contribution in [0.4, 0.5) is 0 Å². The quantitative estimate of drug-likeness (QED) is 0.725. The summed E-state index contributed by atoms with van der Waals surface area (Å²) in [6.07, 6.45) is 4.54. The highest BCUT2D eigenvalue weighted by Gasteiger charge is 2.26. The molecule has 0 bridgehead atoms. The minimum Gasteiger partial charge on any atom is -0.301 e. The van der Waals surface area contributed by atoms with Gasteiger partial charge in [-0.3, -0.25) is 4.90 Å². The summed E-state index contributed by atoms with van der Waals surface area (Å²) in [4.78, 5) is 6.76. The Labute approximate surface area is 104 Å². The number of aliphatic imine (C=N–C) groups is 1. The number of benzene rings is 1. The van der Waals surface area contributed by atoms with Gasteiger partial charge in [-0.2, -0.15) is 0 Å². The molecule has 1 unspecified atom stereocenters. The van der Waals surface area contributed by atoms with Gasteiger partial charge in [-0.1, -0.05) is 37.3 Å². The van der Waals surface area contributed by atoms with Crippen LogP contribution < -0.4 is 0 Å². The first kappa shape index (κ1) is 12.3. The Hall–Kier alpha value is -1.15. The molecule has 17 heavy (non-hydrogen) atoms. The smallest absolute Gasteiger partial charge is 0.0345 e. The van der Waals surface area contributed by atoms with Crippen LogP contribution in [0.3, 0.4) is 0 Å². The summed E-state index contributed by atoms with van der Waals surface area (Å²) in [6, 6.07) is 11.4. The molecule has 2 atom stereocenters. The Kier molecular flexibility index (Phi) is 4.32. The van der Waals surface area contributed by atoms with Crippen LogP contribution >= 0.6 is 0 Å². The van der Waals surface area contributed by atoms with Crippen molar-refractivity contribution in [2.45, 2.75) is 25.8 Å². The second-order valence-electron chi connectivity index (χ2n) is 4.79. The summed E-state index contributed by atoms with van der Waals surface area (Å²) >= 11 is 0. The van der Waals surface area contributed by atoms with Gasteiger partial charge in [-0.25, -0.2) is 0 Å². The molecule has 0 amide bonds. The first-order chi connectivity index (χ1) is 8.35. The van der Waals surface area contributed by atoms with E-state index in [1.54, 1.807) is 0 Å². The van der Waals surface area contributed by atoms with Gasteiger partial charge in [0.05, 0.1) is 0 Å². The zero-order chi connectivity index (χ0) is 12.1. The monoisotopic (exact) mass is 230 g/mol. The van der Waals surface area contributed by atoms with Crippen molar-refractivity contribution in [1.82, 2.24) is 4.90 Å². The van der Waals surface area contributed by atoms with Crippen LogP contribution in [-0.2, 0) is 0 Å². The molecule has 1 heterocycles. The van der Waals surface area contributed by atoms with Gasteiger partial charge in [0.2, 0.25) is 0 Å². The maximum atomic E-state index is 4.16. The van der Waals surface area contributed by atoms with Gasteiger partial charge in [0, 0.05) is 31.8 Å². The molecule has 0 aliphatic carbocycles. The van der Waals surface area contributed by atoms with E-state index in [0.717, 1.165) is 6.54 Å². The lowest BCUT2D eigenvalue weighted by atomic mass is 10.0. The standard InChI is InChI=1S/C15H22N2/c1-3-15(14-7-5-4-6-8-14)17-10-9-13(12-17)11-16-2/h4-8,11,13,15H,3,9-10,12H2,1-2H3/t13?,15-/m0/s1. The van der Waals surface area contributed by atoms with Crippen molar-refractivity contribution in [3.63, 3.8) is 0 Å². The fraction of sp³-hybridized carbons (Fsp3) is 0.533. The van der Waals surface area contributed by atoms with Crippen molar-refractivity contribution in [3.05, 3.63) is 35.9 Å². The average Bonchev–Trinajstić information content (AvgIpc) is 2.81. The third-order valence-corrected chi connectivity index (χ3v) is 3.63. The van der Waals surface area contributed by atoms with E-state index in [2.05, 4.69) is 53.4 Å². The van der Waals surface area contributed by atoms with Crippen molar-refractivity contribution in [2.24, 2.45) is 10.9 Å².